The van der Waals surface area contributed by atoms with E-state index in [1.807, 2.05) is 11.8 Å². The SMILES string of the molecule is Cc1nscc1C(=O)N1CCCC(CCC(=O)O)C1. The molecule has 1 saturated heterocycles. The number of aromatic nitrogens is 1. The number of carboxylic acid groups (broad SMARTS) is 1. The van der Waals surface area contributed by atoms with Gasteiger partial charge < -0.3 is 10.0 Å². The molecule has 2 heterocycles. The zero-order valence-electron chi connectivity index (χ0n) is 11.0. The molecule has 1 atom stereocenters. The van der Waals surface area contributed by atoms with Gasteiger partial charge in [0, 0.05) is 24.9 Å². The van der Waals surface area contributed by atoms with Gasteiger partial charge in [0.1, 0.15) is 0 Å². The monoisotopic (exact) mass is 282 g/mol. The Bertz CT molecular complexity index is 472. The Morgan fingerprint density at radius 1 is 1.58 bits per heavy atom. The summed E-state index contributed by atoms with van der Waals surface area (Å²) in [4.78, 5) is 24.8. The molecule has 104 valence electrons. The van der Waals surface area contributed by atoms with Gasteiger partial charge in [0.05, 0.1) is 11.3 Å². The van der Waals surface area contributed by atoms with Gasteiger partial charge in [-0.2, -0.15) is 4.37 Å². The second-order valence-corrected chi connectivity index (χ2v) is 5.63. The fourth-order valence-corrected chi connectivity index (χ4v) is 3.17. The summed E-state index contributed by atoms with van der Waals surface area (Å²) in [7, 11) is 0. The molecular weight excluding hydrogens is 264 g/mol. The number of aryl methyl sites for hydroxylation is 1. The summed E-state index contributed by atoms with van der Waals surface area (Å²) in [6, 6.07) is 0. The van der Waals surface area contributed by atoms with E-state index in [4.69, 9.17) is 5.11 Å². The molecular formula is C13H18N2O3S. The molecule has 0 aliphatic carbocycles. The minimum atomic E-state index is -0.763. The minimum Gasteiger partial charge on any atom is -0.481 e. The number of hydrogen-bond acceptors (Lipinski definition) is 4. The zero-order chi connectivity index (χ0) is 13.8. The van der Waals surface area contributed by atoms with Crippen LogP contribution in [-0.2, 0) is 4.79 Å². The van der Waals surface area contributed by atoms with Gasteiger partial charge in [0.2, 0.25) is 0 Å². The first-order chi connectivity index (χ1) is 9.08. The molecule has 1 aromatic rings. The molecule has 2 rings (SSSR count). The van der Waals surface area contributed by atoms with Gasteiger partial charge in [-0.05, 0) is 43.6 Å². The van der Waals surface area contributed by atoms with Crippen LogP contribution in [0.4, 0.5) is 0 Å². The lowest BCUT2D eigenvalue weighted by atomic mass is 9.93. The normalized spacial score (nSPS) is 19.4. The molecule has 0 bridgehead atoms. The maximum atomic E-state index is 12.3. The molecule has 0 aromatic carbocycles. The first kappa shape index (κ1) is 14.0. The first-order valence-electron chi connectivity index (χ1n) is 6.50. The lowest BCUT2D eigenvalue weighted by Crippen LogP contribution is -2.40. The molecule has 1 aromatic heterocycles. The molecule has 6 heteroatoms. The van der Waals surface area contributed by atoms with Crippen LogP contribution in [0.2, 0.25) is 0 Å². The summed E-state index contributed by atoms with van der Waals surface area (Å²) in [6.45, 7) is 3.27. The molecule has 1 N–H and O–H groups in total. The molecule has 0 spiro atoms. The predicted octanol–water partition coefficient (Wildman–Crippen LogP) is 2.17. The Balaban J connectivity index is 1.95. The van der Waals surface area contributed by atoms with E-state index in [2.05, 4.69) is 4.37 Å². The number of carboxylic acids is 1. The maximum Gasteiger partial charge on any atom is 0.303 e. The Morgan fingerprint density at radius 3 is 3.00 bits per heavy atom. The molecule has 1 fully saturated rings. The van der Waals surface area contributed by atoms with Crippen molar-refractivity contribution in [2.45, 2.75) is 32.6 Å². The van der Waals surface area contributed by atoms with Crippen LogP contribution in [-0.4, -0.2) is 39.3 Å². The van der Waals surface area contributed by atoms with Crippen molar-refractivity contribution in [2.75, 3.05) is 13.1 Å². The fraction of sp³-hybridized carbons (Fsp3) is 0.615. The highest BCUT2D eigenvalue weighted by molar-refractivity contribution is 7.03. The van der Waals surface area contributed by atoms with Crippen molar-refractivity contribution >= 4 is 23.4 Å². The van der Waals surface area contributed by atoms with Crippen LogP contribution in [0.1, 0.15) is 41.7 Å². The summed E-state index contributed by atoms with van der Waals surface area (Å²) in [5.41, 5.74) is 1.46. The number of hydrogen-bond donors (Lipinski definition) is 1. The topological polar surface area (TPSA) is 70.5 Å². The number of carbonyl (C=O) groups is 2. The predicted molar refractivity (Wildman–Crippen MR) is 72.3 cm³/mol. The molecule has 19 heavy (non-hydrogen) atoms. The van der Waals surface area contributed by atoms with Gasteiger partial charge in [-0.25, -0.2) is 0 Å². The Morgan fingerprint density at radius 2 is 2.37 bits per heavy atom. The zero-order valence-corrected chi connectivity index (χ0v) is 11.8. The van der Waals surface area contributed by atoms with Crippen LogP contribution in [0, 0.1) is 12.8 Å². The van der Waals surface area contributed by atoms with Gasteiger partial charge in [0.15, 0.2) is 0 Å². The summed E-state index contributed by atoms with van der Waals surface area (Å²) in [5.74, 6) is -0.423. The van der Waals surface area contributed by atoms with Crippen LogP contribution < -0.4 is 0 Å². The summed E-state index contributed by atoms with van der Waals surface area (Å²) in [5, 5.41) is 10.5. The average molecular weight is 282 g/mol. The number of piperidine rings is 1. The highest BCUT2D eigenvalue weighted by Gasteiger charge is 2.26. The van der Waals surface area contributed by atoms with Crippen LogP contribution in [0.5, 0.6) is 0 Å². The maximum absolute atomic E-state index is 12.3. The quantitative estimate of drug-likeness (QED) is 0.918. The van der Waals surface area contributed by atoms with E-state index in [-0.39, 0.29) is 12.3 Å². The Labute approximate surface area is 116 Å². The first-order valence-corrected chi connectivity index (χ1v) is 7.33. The number of aliphatic carboxylic acids is 1. The van der Waals surface area contributed by atoms with Crippen molar-refractivity contribution in [3.8, 4) is 0 Å². The highest BCUT2D eigenvalue weighted by atomic mass is 32.1. The largest absolute Gasteiger partial charge is 0.481 e. The minimum absolute atomic E-state index is 0.0336. The summed E-state index contributed by atoms with van der Waals surface area (Å²) < 4.78 is 4.13. The third-order valence-corrected chi connectivity index (χ3v) is 4.27. The van der Waals surface area contributed by atoms with Crippen molar-refractivity contribution in [3.63, 3.8) is 0 Å². The molecule has 0 saturated carbocycles. The molecule has 1 unspecified atom stereocenters. The standard InChI is InChI=1S/C13H18N2O3S/c1-9-11(8-19-14-9)13(18)15-6-2-3-10(7-15)4-5-12(16)17/h8,10H,2-7H2,1H3,(H,16,17). The second-order valence-electron chi connectivity index (χ2n) is 5.01. The summed E-state index contributed by atoms with van der Waals surface area (Å²) >= 11 is 1.30. The van der Waals surface area contributed by atoms with E-state index >= 15 is 0 Å². The molecule has 1 aliphatic rings. The van der Waals surface area contributed by atoms with E-state index in [1.54, 1.807) is 5.38 Å². The summed E-state index contributed by atoms with van der Waals surface area (Å²) in [6.07, 6.45) is 2.80. The fourth-order valence-electron chi connectivity index (χ4n) is 2.48. The van der Waals surface area contributed by atoms with Gasteiger partial charge in [-0.15, -0.1) is 0 Å². The van der Waals surface area contributed by atoms with Crippen molar-refractivity contribution in [3.05, 3.63) is 16.6 Å². The lowest BCUT2D eigenvalue weighted by Gasteiger charge is -2.32. The van der Waals surface area contributed by atoms with Crippen LogP contribution in [0.25, 0.3) is 0 Å². The number of nitrogens with zero attached hydrogens (tertiary/aromatic N) is 2. The van der Waals surface area contributed by atoms with Crippen molar-refractivity contribution in [1.29, 1.82) is 0 Å². The van der Waals surface area contributed by atoms with Crippen molar-refractivity contribution in [1.82, 2.24) is 9.27 Å². The van der Waals surface area contributed by atoms with Crippen LogP contribution in [0.15, 0.2) is 5.38 Å². The second kappa shape index (κ2) is 6.14. The van der Waals surface area contributed by atoms with Gasteiger partial charge in [-0.1, -0.05) is 0 Å². The van der Waals surface area contributed by atoms with E-state index in [9.17, 15) is 9.59 Å². The van der Waals surface area contributed by atoms with Gasteiger partial charge in [0.25, 0.3) is 5.91 Å². The molecule has 1 aliphatic heterocycles. The van der Waals surface area contributed by atoms with Crippen LogP contribution >= 0.6 is 11.5 Å². The van der Waals surface area contributed by atoms with Crippen LogP contribution in [0.3, 0.4) is 0 Å². The molecule has 5 nitrogen and oxygen atoms in total. The lowest BCUT2D eigenvalue weighted by molar-refractivity contribution is -0.137. The van der Waals surface area contributed by atoms with E-state index in [0.717, 1.165) is 25.1 Å². The third-order valence-electron chi connectivity index (χ3n) is 3.55. The van der Waals surface area contributed by atoms with E-state index in [1.165, 1.54) is 11.5 Å². The average Bonchev–Trinajstić information content (AvgIpc) is 2.82. The smallest absolute Gasteiger partial charge is 0.303 e. The van der Waals surface area contributed by atoms with Gasteiger partial charge in [-0.3, -0.25) is 9.59 Å². The third kappa shape index (κ3) is 3.53. The van der Waals surface area contributed by atoms with Crippen molar-refractivity contribution < 1.29 is 14.7 Å². The Kier molecular flexibility index (Phi) is 4.52. The van der Waals surface area contributed by atoms with Crippen molar-refractivity contribution in [2.24, 2.45) is 5.92 Å². The van der Waals surface area contributed by atoms with E-state index in [0.29, 0.717) is 24.4 Å². The number of amides is 1. The number of likely N-dealkylation sites (tertiary alicyclic amines) is 1. The van der Waals surface area contributed by atoms with Gasteiger partial charge >= 0.3 is 5.97 Å². The molecule has 0 radical (unpaired) electrons. The highest BCUT2D eigenvalue weighted by Crippen LogP contribution is 2.23. The van der Waals surface area contributed by atoms with E-state index < -0.39 is 5.97 Å². The number of rotatable bonds is 4. The number of carbonyl (C=O) groups excluding carboxylic acids is 1. The molecule has 1 amide bonds. The Hall–Kier alpha value is -1.43.